The zero-order valence-electron chi connectivity index (χ0n) is 12.5. The molecular formula is C16H24N2O2. The third-order valence-electron chi connectivity index (χ3n) is 3.95. The normalized spacial score (nSPS) is 23.1. The smallest absolute Gasteiger partial charge is 0.243 e. The van der Waals surface area contributed by atoms with E-state index in [1.807, 2.05) is 38.1 Å². The Kier molecular flexibility index (Phi) is 4.65. The topological polar surface area (TPSA) is 50.4 Å². The predicted molar refractivity (Wildman–Crippen MR) is 79.6 cm³/mol. The van der Waals surface area contributed by atoms with Crippen LogP contribution in [0.2, 0.25) is 0 Å². The number of ether oxygens (including phenoxy) is 1. The molecule has 3 rings (SSSR count). The summed E-state index contributed by atoms with van der Waals surface area (Å²) < 4.78 is 5.13. The van der Waals surface area contributed by atoms with Crippen molar-refractivity contribution in [1.82, 2.24) is 10.6 Å². The van der Waals surface area contributed by atoms with E-state index in [2.05, 4.69) is 10.6 Å². The molecule has 1 saturated carbocycles. The first-order chi connectivity index (χ1) is 9.72. The molecule has 110 valence electrons. The van der Waals surface area contributed by atoms with Gasteiger partial charge in [-0.05, 0) is 43.4 Å². The monoisotopic (exact) mass is 276 g/mol. The summed E-state index contributed by atoms with van der Waals surface area (Å²) in [5, 5.41) is 6.59. The van der Waals surface area contributed by atoms with Gasteiger partial charge in [-0.1, -0.05) is 26.0 Å². The molecule has 2 N–H and O–H groups in total. The minimum absolute atomic E-state index is 0.0852. The van der Waals surface area contributed by atoms with Crippen LogP contribution in [0.1, 0.15) is 51.1 Å². The molecule has 1 atom stereocenters. The van der Waals surface area contributed by atoms with Crippen LogP contribution < -0.4 is 15.4 Å². The van der Waals surface area contributed by atoms with Crippen LogP contribution >= 0.6 is 0 Å². The van der Waals surface area contributed by atoms with Crippen molar-refractivity contribution in [1.29, 1.82) is 0 Å². The fourth-order valence-electron chi connectivity index (χ4n) is 2.96. The first-order valence-electron chi connectivity index (χ1n) is 7.46. The number of benzene rings is 1. The van der Waals surface area contributed by atoms with Gasteiger partial charge >= 0.3 is 0 Å². The third-order valence-corrected chi connectivity index (χ3v) is 3.95. The molecule has 1 unspecified atom stereocenters. The molecule has 2 fully saturated rings. The molecule has 1 spiro atoms. The second kappa shape index (κ2) is 6.27. The van der Waals surface area contributed by atoms with E-state index in [4.69, 9.17) is 4.74 Å². The summed E-state index contributed by atoms with van der Waals surface area (Å²) in [4.78, 5) is 12.1. The van der Waals surface area contributed by atoms with E-state index in [-0.39, 0.29) is 17.6 Å². The van der Waals surface area contributed by atoms with E-state index in [1.54, 1.807) is 7.11 Å². The average Bonchev–Trinajstić information content (AvgIpc) is 3.08. The van der Waals surface area contributed by atoms with Crippen molar-refractivity contribution in [3.63, 3.8) is 0 Å². The van der Waals surface area contributed by atoms with Gasteiger partial charge in [-0.25, -0.2) is 0 Å². The lowest BCUT2D eigenvalue weighted by Crippen LogP contribution is -2.46. The Morgan fingerprint density at radius 2 is 1.75 bits per heavy atom. The molecule has 1 heterocycles. The van der Waals surface area contributed by atoms with Crippen molar-refractivity contribution in [3.05, 3.63) is 29.8 Å². The van der Waals surface area contributed by atoms with Gasteiger partial charge in [-0.15, -0.1) is 0 Å². The van der Waals surface area contributed by atoms with Crippen LogP contribution in [0, 0.1) is 0 Å². The standard InChI is InChI=1S/C14H18N2O2.C2H6/c1-18-11-6-4-10(5-7-11)12-13(17)16-14(15-12)8-2-3-9-14;1-2/h4-7,12,15H,2-3,8-9H2,1H3,(H,16,17);1-2H3. The highest BCUT2D eigenvalue weighted by atomic mass is 16.5. The number of hydrogen-bond donors (Lipinski definition) is 2. The van der Waals surface area contributed by atoms with Crippen molar-refractivity contribution in [2.45, 2.75) is 51.2 Å². The Bertz CT molecular complexity index is 450. The molecule has 20 heavy (non-hydrogen) atoms. The third kappa shape index (κ3) is 2.80. The number of carbonyl (C=O) groups excluding carboxylic acids is 1. The molecule has 1 aromatic rings. The van der Waals surface area contributed by atoms with Gasteiger partial charge < -0.3 is 10.1 Å². The van der Waals surface area contributed by atoms with Gasteiger partial charge in [0.1, 0.15) is 11.8 Å². The lowest BCUT2D eigenvalue weighted by molar-refractivity contribution is -0.121. The highest BCUT2D eigenvalue weighted by molar-refractivity contribution is 5.86. The second-order valence-corrected chi connectivity index (χ2v) is 5.13. The lowest BCUT2D eigenvalue weighted by atomic mass is 10.1. The number of methoxy groups -OCH3 is 1. The fourth-order valence-corrected chi connectivity index (χ4v) is 2.96. The quantitative estimate of drug-likeness (QED) is 0.873. The maximum atomic E-state index is 12.1. The Labute approximate surface area is 120 Å². The van der Waals surface area contributed by atoms with Gasteiger partial charge in [-0.3, -0.25) is 10.1 Å². The Morgan fingerprint density at radius 1 is 1.15 bits per heavy atom. The van der Waals surface area contributed by atoms with Crippen LogP contribution in [-0.2, 0) is 4.79 Å². The maximum absolute atomic E-state index is 12.1. The van der Waals surface area contributed by atoms with Crippen LogP contribution in [0.25, 0.3) is 0 Å². The molecule has 4 nitrogen and oxygen atoms in total. The fraction of sp³-hybridized carbons (Fsp3) is 0.562. The minimum Gasteiger partial charge on any atom is -0.497 e. The molecule has 1 aliphatic heterocycles. The lowest BCUT2D eigenvalue weighted by Gasteiger charge is -2.23. The zero-order valence-corrected chi connectivity index (χ0v) is 12.5. The molecule has 1 aromatic carbocycles. The van der Waals surface area contributed by atoms with Gasteiger partial charge in [-0.2, -0.15) is 0 Å². The SMILES string of the molecule is CC.COc1ccc(C2NC3(CCCC3)NC2=O)cc1. The number of rotatable bonds is 2. The molecule has 1 aliphatic carbocycles. The van der Waals surface area contributed by atoms with Gasteiger partial charge in [0.25, 0.3) is 0 Å². The summed E-state index contributed by atoms with van der Waals surface area (Å²) >= 11 is 0. The van der Waals surface area contributed by atoms with Crippen LogP contribution in [0.3, 0.4) is 0 Å². The van der Waals surface area contributed by atoms with Crippen molar-refractivity contribution in [3.8, 4) is 5.75 Å². The highest BCUT2D eigenvalue weighted by Crippen LogP contribution is 2.34. The molecular weight excluding hydrogens is 252 g/mol. The van der Waals surface area contributed by atoms with Gasteiger partial charge in [0, 0.05) is 0 Å². The summed E-state index contributed by atoms with van der Waals surface area (Å²) in [6, 6.07) is 7.45. The van der Waals surface area contributed by atoms with Crippen LogP contribution in [0.4, 0.5) is 0 Å². The first kappa shape index (κ1) is 14.9. The number of amides is 1. The molecule has 2 aliphatic rings. The van der Waals surface area contributed by atoms with Crippen LogP contribution in [-0.4, -0.2) is 18.7 Å². The number of hydrogen-bond acceptors (Lipinski definition) is 3. The van der Waals surface area contributed by atoms with Crippen molar-refractivity contribution < 1.29 is 9.53 Å². The van der Waals surface area contributed by atoms with Crippen LogP contribution in [0.15, 0.2) is 24.3 Å². The summed E-state index contributed by atoms with van der Waals surface area (Å²) in [6.07, 6.45) is 4.43. The van der Waals surface area contributed by atoms with Crippen molar-refractivity contribution >= 4 is 5.91 Å². The average molecular weight is 276 g/mol. The van der Waals surface area contributed by atoms with E-state index in [0.717, 1.165) is 24.2 Å². The molecule has 0 radical (unpaired) electrons. The Hall–Kier alpha value is -1.55. The molecule has 1 saturated heterocycles. The largest absolute Gasteiger partial charge is 0.497 e. The van der Waals surface area contributed by atoms with Crippen molar-refractivity contribution in [2.24, 2.45) is 0 Å². The van der Waals surface area contributed by atoms with E-state index < -0.39 is 0 Å². The summed E-state index contributed by atoms with van der Waals surface area (Å²) in [5.74, 6) is 0.898. The van der Waals surface area contributed by atoms with Gasteiger partial charge in [0.2, 0.25) is 5.91 Å². The first-order valence-corrected chi connectivity index (χ1v) is 7.46. The van der Waals surface area contributed by atoms with Crippen LogP contribution in [0.5, 0.6) is 5.75 Å². The minimum atomic E-state index is -0.228. The summed E-state index contributed by atoms with van der Waals surface area (Å²) in [7, 11) is 1.64. The molecule has 0 bridgehead atoms. The number of nitrogens with one attached hydrogen (secondary N) is 2. The van der Waals surface area contributed by atoms with E-state index in [9.17, 15) is 4.79 Å². The van der Waals surface area contributed by atoms with E-state index in [0.29, 0.717) is 0 Å². The second-order valence-electron chi connectivity index (χ2n) is 5.13. The molecule has 4 heteroatoms. The predicted octanol–water partition coefficient (Wildman–Crippen LogP) is 2.75. The maximum Gasteiger partial charge on any atom is 0.243 e. The van der Waals surface area contributed by atoms with E-state index in [1.165, 1.54) is 12.8 Å². The van der Waals surface area contributed by atoms with Crippen molar-refractivity contribution in [2.75, 3.05) is 7.11 Å². The number of carbonyl (C=O) groups is 1. The Morgan fingerprint density at radius 3 is 2.30 bits per heavy atom. The summed E-state index contributed by atoms with van der Waals surface area (Å²) in [6.45, 7) is 4.00. The highest BCUT2D eigenvalue weighted by Gasteiger charge is 2.45. The Balaban J connectivity index is 0.000000704. The van der Waals surface area contributed by atoms with Gasteiger partial charge in [0.15, 0.2) is 0 Å². The van der Waals surface area contributed by atoms with E-state index >= 15 is 0 Å². The molecule has 1 amide bonds. The zero-order chi connectivity index (χ0) is 14.6. The molecule has 0 aromatic heterocycles. The van der Waals surface area contributed by atoms with Gasteiger partial charge in [0.05, 0.1) is 12.8 Å². The summed E-state index contributed by atoms with van der Waals surface area (Å²) in [5.41, 5.74) is 0.846.